The third-order valence-electron chi connectivity index (χ3n) is 17.0. The Balaban J connectivity index is 5.22. The first-order valence-corrected chi connectivity index (χ1v) is 41.1. The highest BCUT2D eigenvalue weighted by atomic mass is 31.2. The molecule has 0 radical (unpaired) electrons. The van der Waals surface area contributed by atoms with Crippen LogP contribution in [0.4, 0.5) is 0 Å². The van der Waals surface area contributed by atoms with E-state index in [1.807, 2.05) is 0 Å². The predicted molar refractivity (Wildman–Crippen MR) is 372 cm³/mol. The van der Waals surface area contributed by atoms with Crippen LogP contribution in [0.15, 0.2) is 0 Å². The van der Waals surface area contributed by atoms with Gasteiger partial charge in [0.2, 0.25) is 0 Å². The van der Waals surface area contributed by atoms with Crippen molar-refractivity contribution in [3.8, 4) is 0 Å². The van der Waals surface area contributed by atoms with Gasteiger partial charge >= 0.3 is 39.5 Å². The molecule has 2 unspecified atom stereocenters. The molecule has 0 rings (SSSR count). The normalized spacial score (nSPS) is 14.0. The summed E-state index contributed by atoms with van der Waals surface area (Å²) in [6.45, 7) is 7.22. The van der Waals surface area contributed by atoms with Gasteiger partial charge in [-0.2, -0.15) is 0 Å². The maximum Gasteiger partial charge on any atom is 0.472 e. The van der Waals surface area contributed by atoms with E-state index in [4.69, 9.17) is 37.0 Å². The molecule has 0 aromatic heterocycles. The fourth-order valence-corrected chi connectivity index (χ4v) is 12.8. The zero-order valence-electron chi connectivity index (χ0n) is 59.7. The van der Waals surface area contributed by atoms with Crippen molar-refractivity contribution < 1.29 is 80.2 Å². The Bertz CT molecular complexity index is 1770. The largest absolute Gasteiger partial charge is 0.472 e. The average Bonchev–Trinajstić information content (AvgIpc) is 3.63. The number of carbonyl (C=O) groups is 4. The molecule has 17 nitrogen and oxygen atoms in total. The summed E-state index contributed by atoms with van der Waals surface area (Å²) in [5.41, 5.74) is 0. The number of phosphoric ester groups is 2. The molecule has 0 aromatic carbocycles. The molecular weight excluding hydrogens is 1210 g/mol. The van der Waals surface area contributed by atoms with E-state index in [9.17, 15) is 43.2 Å². The Morgan fingerprint density at radius 1 is 0.293 bits per heavy atom. The number of rotatable bonds is 73. The number of aliphatic hydroxyl groups excluding tert-OH is 1. The Hall–Kier alpha value is -1.94. The number of aliphatic hydroxyl groups is 1. The Morgan fingerprint density at radius 2 is 0.500 bits per heavy atom. The highest BCUT2D eigenvalue weighted by molar-refractivity contribution is 7.47. The quantitative estimate of drug-likeness (QED) is 0.0222. The number of hydrogen-bond acceptors (Lipinski definition) is 15. The summed E-state index contributed by atoms with van der Waals surface area (Å²) < 4.78 is 68.4. The van der Waals surface area contributed by atoms with Gasteiger partial charge < -0.3 is 33.8 Å². The Kier molecular flexibility index (Phi) is 64.9. The third-order valence-corrected chi connectivity index (χ3v) is 18.9. The molecule has 0 fully saturated rings. The minimum Gasteiger partial charge on any atom is -0.462 e. The van der Waals surface area contributed by atoms with Crippen LogP contribution >= 0.6 is 15.6 Å². The van der Waals surface area contributed by atoms with E-state index in [-0.39, 0.29) is 25.7 Å². The molecule has 3 N–H and O–H groups in total. The number of hydrogen-bond donors (Lipinski definition) is 3. The number of carbonyl (C=O) groups excluding carboxylic acids is 4. The van der Waals surface area contributed by atoms with Gasteiger partial charge in [0.15, 0.2) is 12.2 Å². The lowest BCUT2D eigenvalue weighted by atomic mass is 10.0. The average molecular weight is 1350 g/mol. The molecule has 19 heteroatoms. The number of unbranched alkanes of at least 4 members (excludes halogenated alkanes) is 45. The van der Waals surface area contributed by atoms with Crippen LogP contribution < -0.4 is 0 Å². The molecule has 0 aliphatic carbocycles. The molecule has 0 saturated carbocycles. The van der Waals surface area contributed by atoms with E-state index < -0.39 is 97.5 Å². The highest BCUT2D eigenvalue weighted by Crippen LogP contribution is 2.45. The summed E-state index contributed by atoms with van der Waals surface area (Å²) in [5, 5.41) is 10.6. The van der Waals surface area contributed by atoms with Gasteiger partial charge in [0.05, 0.1) is 26.4 Å². The van der Waals surface area contributed by atoms with E-state index in [1.165, 1.54) is 205 Å². The third kappa shape index (κ3) is 66.7. The van der Waals surface area contributed by atoms with Crippen LogP contribution in [0.25, 0.3) is 0 Å². The van der Waals surface area contributed by atoms with Crippen molar-refractivity contribution in [3.63, 3.8) is 0 Å². The fraction of sp³-hybridized carbons (Fsp3) is 0.945. The first-order chi connectivity index (χ1) is 44.5. The van der Waals surface area contributed by atoms with E-state index in [0.29, 0.717) is 25.7 Å². The van der Waals surface area contributed by atoms with Gasteiger partial charge in [0.1, 0.15) is 19.3 Å². The molecule has 5 atom stereocenters. The zero-order valence-corrected chi connectivity index (χ0v) is 61.5. The molecule has 0 saturated heterocycles. The van der Waals surface area contributed by atoms with Crippen molar-refractivity contribution in [2.45, 2.75) is 400 Å². The lowest BCUT2D eigenvalue weighted by molar-refractivity contribution is -0.161. The summed E-state index contributed by atoms with van der Waals surface area (Å²) in [5.74, 6) is -1.40. The van der Waals surface area contributed by atoms with E-state index >= 15 is 0 Å². The van der Waals surface area contributed by atoms with Gasteiger partial charge in [-0.3, -0.25) is 37.3 Å². The molecule has 0 aliphatic heterocycles. The number of esters is 4. The van der Waals surface area contributed by atoms with Gasteiger partial charge in [-0.1, -0.05) is 330 Å². The second-order valence-electron chi connectivity index (χ2n) is 26.8. The molecule has 0 heterocycles. The molecule has 0 aliphatic rings. The zero-order chi connectivity index (χ0) is 67.7. The molecule has 0 spiro atoms. The van der Waals surface area contributed by atoms with E-state index in [2.05, 4.69) is 34.6 Å². The number of ether oxygens (including phenoxy) is 4. The lowest BCUT2D eigenvalue weighted by Gasteiger charge is -2.21. The van der Waals surface area contributed by atoms with Crippen LogP contribution in [0.2, 0.25) is 0 Å². The number of phosphoric acid groups is 2. The summed E-state index contributed by atoms with van der Waals surface area (Å²) in [6.07, 6.45) is 54.1. The molecule has 0 bridgehead atoms. The Morgan fingerprint density at radius 3 is 0.739 bits per heavy atom. The second-order valence-corrected chi connectivity index (χ2v) is 29.7. The van der Waals surface area contributed by atoms with Crippen LogP contribution in [-0.2, 0) is 65.4 Å². The van der Waals surface area contributed by atoms with Crippen LogP contribution in [0.3, 0.4) is 0 Å². The monoisotopic (exact) mass is 1350 g/mol. The van der Waals surface area contributed by atoms with Gasteiger partial charge in [-0.05, 0) is 31.6 Å². The van der Waals surface area contributed by atoms with Gasteiger partial charge in [0, 0.05) is 25.7 Å². The van der Waals surface area contributed by atoms with Crippen LogP contribution in [0.1, 0.15) is 381 Å². The minimum absolute atomic E-state index is 0.105. The topological polar surface area (TPSA) is 237 Å². The van der Waals surface area contributed by atoms with Crippen LogP contribution in [0, 0.1) is 5.92 Å². The van der Waals surface area contributed by atoms with E-state index in [1.54, 1.807) is 0 Å². The summed E-state index contributed by atoms with van der Waals surface area (Å²) in [4.78, 5) is 72.6. The van der Waals surface area contributed by atoms with Crippen molar-refractivity contribution in [1.82, 2.24) is 0 Å². The van der Waals surface area contributed by atoms with Gasteiger partial charge in [-0.15, -0.1) is 0 Å². The second kappa shape index (κ2) is 66.3. The smallest absolute Gasteiger partial charge is 0.462 e. The van der Waals surface area contributed by atoms with Crippen molar-refractivity contribution in [3.05, 3.63) is 0 Å². The van der Waals surface area contributed by atoms with Gasteiger partial charge in [0.25, 0.3) is 0 Å². The standard InChI is InChI=1S/C73H142O17P2/c1-6-9-12-15-18-21-24-26-27-28-29-30-32-34-37-43-48-53-58-72(77)89-68(62-84-71(76)57-52-47-42-36-33-31-25-22-19-16-13-10-7-2)64-87-91(79,80)85-60-67(74)61-86-92(81,82)88-65-69(63-83-70(75)56-51-46-41-35-23-20-17-14-11-8-3)90-73(78)59-54-49-44-39-38-40-45-50-55-66(4)5/h66-69,74H,6-65H2,1-5H3,(H,79,80)(H,81,82)/t67-,68-,69-/m1/s1. The van der Waals surface area contributed by atoms with Crippen LogP contribution in [0.5, 0.6) is 0 Å². The Labute approximate surface area is 562 Å². The van der Waals surface area contributed by atoms with Crippen LogP contribution in [-0.4, -0.2) is 96.7 Å². The van der Waals surface area contributed by atoms with Gasteiger partial charge in [-0.25, -0.2) is 9.13 Å². The summed E-state index contributed by atoms with van der Waals surface area (Å²) in [6, 6.07) is 0. The molecule has 0 amide bonds. The van der Waals surface area contributed by atoms with Crippen molar-refractivity contribution >= 4 is 39.5 Å². The van der Waals surface area contributed by atoms with Crippen molar-refractivity contribution in [2.75, 3.05) is 39.6 Å². The SMILES string of the molecule is CCCCCCCCCCCCCCCCCCCCC(=O)O[C@H](COC(=O)CCCCCCCCCCCCCCC)COP(=O)(O)OC[C@@H](O)COP(=O)(O)OC[C@@H](COC(=O)CCCCCCCCCCCC)OC(=O)CCCCCCCCCCC(C)C. The molecule has 546 valence electrons. The summed E-state index contributed by atoms with van der Waals surface area (Å²) >= 11 is 0. The maximum atomic E-state index is 13.1. The predicted octanol–water partition coefficient (Wildman–Crippen LogP) is 21.3. The highest BCUT2D eigenvalue weighted by Gasteiger charge is 2.30. The first kappa shape index (κ1) is 90.1. The summed E-state index contributed by atoms with van der Waals surface area (Å²) in [7, 11) is -9.90. The molecule has 0 aromatic rings. The fourth-order valence-electron chi connectivity index (χ4n) is 11.2. The maximum absolute atomic E-state index is 13.1. The lowest BCUT2D eigenvalue weighted by Crippen LogP contribution is -2.30. The van der Waals surface area contributed by atoms with E-state index in [0.717, 1.165) is 95.8 Å². The molecular formula is C73H142O17P2. The first-order valence-electron chi connectivity index (χ1n) is 38.1. The van der Waals surface area contributed by atoms with Crippen molar-refractivity contribution in [1.29, 1.82) is 0 Å². The van der Waals surface area contributed by atoms with Crippen molar-refractivity contribution in [2.24, 2.45) is 5.92 Å². The molecule has 92 heavy (non-hydrogen) atoms. The minimum atomic E-state index is -4.95.